The molecule has 0 aliphatic heterocycles. The number of rotatable bonds is 0. The van der Waals surface area contributed by atoms with Crippen LogP contribution in [0, 0.1) is 25.7 Å². The maximum atomic E-state index is 3.46. The summed E-state index contributed by atoms with van der Waals surface area (Å²) < 4.78 is 0. The molecular weight excluding hydrogens is 120 g/mol. The van der Waals surface area contributed by atoms with Crippen LogP contribution in [-0.4, -0.2) is 0 Å². The molecule has 1 aromatic carbocycles. The van der Waals surface area contributed by atoms with Crippen LogP contribution in [0.4, 0.5) is 0 Å². The fraction of sp³-hybridized carbons (Fsp3) is 0.100. The zero-order chi connectivity index (χ0) is 7.40. The average Bonchev–Trinajstić information content (AvgIpc) is 1.94. The molecule has 0 heteroatoms. The Hall–Kier alpha value is -1.22. The zero-order valence-electron chi connectivity index (χ0n) is 6.02. The third kappa shape index (κ3) is 1.39. The van der Waals surface area contributed by atoms with Gasteiger partial charge in [-0.2, -0.15) is 0 Å². The Bertz CT molecular complexity index is 274. The lowest BCUT2D eigenvalue weighted by Crippen LogP contribution is -1.78. The van der Waals surface area contributed by atoms with E-state index in [4.69, 9.17) is 0 Å². The highest BCUT2D eigenvalue weighted by Gasteiger charge is 1.88. The molecule has 1 radical (unpaired) electrons. The van der Waals surface area contributed by atoms with Gasteiger partial charge >= 0.3 is 0 Å². The van der Waals surface area contributed by atoms with E-state index in [1.165, 1.54) is 5.56 Å². The maximum absolute atomic E-state index is 3.46. The summed E-state index contributed by atoms with van der Waals surface area (Å²) in [6.07, 6.45) is 0. The maximum Gasteiger partial charge on any atom is 0.0274 e. The van der Waals surface area contributed by atoms with Crippen molar-refractivity contribution in [3.63, 3.8) is 0 Å². The van der Waals surface area contributed by atoms with Crippen LogP contribution in [-0.2, 0) is 0 Å². The van der Waals surface area contributed by atoms with Gasteiger partial charge in [0.2, 0.25) is 0 Å². The molecular formula is C10H9. The van der Waals surface area contributed by atoms with E-state index < -0.39 is 0 Å². The lowest BCUT2D eigenvalue weighted by atomic mass is 10.1. The molecule has 49 valence electrons. The van der Waals surface area contributed by atoms with E-state index in [-0.39, 0.29) is 0 Å². The van der Waals surface area contributed by atoms with E-state index in [2.05, 4.69) is 18.8 Å². The first-order valence-corrected chi connectivity index (χ1v) is 3.18. The Balaban J connectivity index is 3.11. The molecule has 0 bridgehead atoms. The van der Waals surface area contributed by atoms with E-state index in [1.54, 1.807) is 0 Å². The van der Waals surface area contributed by atoms with E-state index in [9.17, 15) is 0 Å². The van der Waals surface area contributed by atoms with Gasteiger partial charge in [0.25, 0.3) is 0 Å². The number of hydrogen-bond donors (Lipinski definition) is 0. The largest absolute Gasteiger partial charge is 0.0969 e. The van der Waals surface area contributed by atoms with Gasteiger partial charge in [-0.15, -0.1) is 0 Å². The summed E-state index contributed by atoms with van der Waals surface area (Å²) in [6.45, 7) is 5.50. The molecule has 0 fully saturated rings. The molecule has 0 heterocycles. The smallest absolute Gasteiger partial charge is 0.0274 e. The van der Waals surface area contributed by atoms with Crippen LogP contribution >= 0.6 is 0 Å². The quantitative estimate of drug-likeness (QED) is 0.471. The van der Waals surface area contributed by atoms with Gasteiger partial charge in [0.1, 0.15) is 0 Å². The van der Waals surface area contributed by atoms with Gasteiger partial charge in [0, 0.05) is 12.5 Å². The Morgan fingerprint density at radius 2 is 2.00 bits per heavy atom. The second kappa shape index (κ2) is 3.08. The molecule has 0 spiro atoms. The SMILES string of the molecule is [CH2]C#Cc1ccccc1C. The van der Waals surface area contributed by atoms with Crippen molar-refractivity contribution in [1.29, 1.82) is 0 Å². The fourth-order valence-electron chi connectivity index (χ4n) is 0.808. The molecule has 0 atom stereocenters. The number of hydrogen-bond acceptors (Lipinski definition) is 0. The minimum absolute atomic E-state index is 1.07. The molecule has 0 N–H and O–H groups in total. The van der Waals surface area contributed by atoms with Crippen LogP contribution in [0.25, 0.3) is 0 Å². The summed E-state index contributed by atoms with van der Waals surface area (Å²) in [5.74, 6) is 5.54. The van der Waals surface area contributed by atoms with Gasteiger partial charge in [-0.3, -0.25) is 0 Å². The molecule has 1 rings (SSSR count). The second-order valence-electron chi connectivity index (χ2n) is 2.12. The Morgan fingerprint density at radius 3 is 2.60 bits per heavy atom. The van der Waals surface area contributed by atoms with Crippen LogP contribution in [0.2, 0.25) is 0 Å². The normalized spacial score (nSPS) is 8.20. The summed E-state index contributed by atoms with van der Waals surface area (Å²) in [7, 11) is 0. The Morgan fingerprint density at radius 1 is 1.30 bits per heavy atom. The molecule has 0 saturated heterocycles. The van der Waals surface area contributed by atoms with Gasteiger partial charge in [0.15, 0.2) is 0 Å². The molecule has 0 unspecified atom stereocenters. The van der Waals surface area contributed by atoms with Gasteiger partial charge in [0.05, 0.1) is 0 Å². The minimum atomic E-state index is 1.07. The van der Waals surface area contributed by atoms with Crippen LogP contribution in [0.1, 0.15) is 11.1 Å². The van der Waals surface area contributed by atoms with Crippen molar-refractivity contribution in [3.05, 3.63) is 42.3 Å². The van der Waals surface area contributed by atoms with E-state index in [0.29, 0.717) is 0 Å². The van der Waals surface area contributed by atoms with Crippen molar-refractivity contribution in [2.24, 2.45) is 0 Å². The third-order valence-electron chi connectivity index (χ3n) is 1.37. The molecule has 0 aliphatic carbocycles. The lowest BCUT2D eigenvalue weighted by molar-refractivity contribution is 1.44. The minimum Gasteiger partial charge on any atom is -0.0969 e. The predicted octanol–water partition coefficient (Wildman–Crippen LogP) is 2.18. The van der Waals surface area contributed by atoms with E-state index in [0.717, 1.165) is 5.56 Å². The van der Waals surface area contributed by atoms with Crippen molar-refractivity contribution in [1.82, 2.24) is 0 Å². The summed E-state index contributed by atoms with van der Waals surface area (Å²) >= 11 is 0. The van der Waals surface area contributed by atoms with Crippen LogP contribution in [0.5, 0.6) is 0 Å². The standard InChI is InChI=1S/C10H9/c1-3-6-10-8-5-4-7-9(10)2/h4-5,7-8H,1H2,2H3. The van der Waals surface area contributed by atoms with Gasteiger partial charge in [-0.25, -0.2) is 0 Å². The van der Waals surface area contributed by atoms with Crippen molar-refractivity contribution >= 4 is 0 Å². The topological polar surface area (TPSA) is 0 Å². The Labute approximate surface area is 61.9 Å². The summed E-state index contributed by atoms with van der Waals surface area (Å²) in [4.78, 5) is 0. The highest BCUT2D eigenvalue weighted by atomic mass is 13.9. The molecule has 0 saturated carbocycles. The lowest BCUT2D eigenvalue weighted by Gasteiger charge is -1.93. The average molecular weight is 129 g/mol. The molecule has 0 nitrogen and oxygen atoms in total. The predicted molar refractivity (Wildman–Crippen MR) is 43.4 cm³/mol. The first kappa shape index (κ1) is 6.89. The summed E-state index contributed by atoms with van der Waals surface area (Å²) in [6, 6.07) is 8.02. The fourth-order valence-corrected chi connectivity index (χ4v) is 0.808. The monoisotopic (exact) mass is 129 g/mol. The number of benzene rings is 1. The van der Waals surface area contributed by atoms with Crippen LogP contribution < -0.4 is 0 Å². The number of aryl methyl sites for hydroxylation is 1. The van der Waals surface area contributed by atoms with Crippen molar-refractivity contribution in [3.8, 4) is 11.8 Å². The first-order chi connectivity index (χ1) is 4.84. The summed E-state index contributed by atoms with van der Waals surface area (Å²) in [5.41, 5.74) is 2.27. The second-order valence-corrected chi connectivity index (χ2v) is 2.12. The molecule has 0 amide bonds. The van der Waals surface area contributed by atoms with Crippen molar-refractivity contribution in [2.75, 3.05) is 0 Å². The zero-order valence-corrected chi connectivity index (χ0v) is 6.02. The van der Waals surface area contributed by atoms with Crippen LogP contribution in [0.3, 0.4) is 0 Å². The molecule has 10 heavy (non-hydrogen) atoms. The van der Waals surface area contributed by atoms with Gasteiger partial charge < -0.3 is 0 Å². The Kier molecular flexibility index (Phi) is 2.12. The molecule has 0 aliphatic rings. The van der Waals surface area contributed by atoms with Gasteiger partial charge in [-0.1, -0.05) is 30.0 Å². The summed E-state index contributed by atoms with van der Waals surface area (Å²) in [5, 5.41) is 0. The van der Waals surface area contributed by atoms with E-state index >= 15 is 0 Å². The molecule has 1 aromatic rings. The van der Waals surface area contributed by atoms with E-state index in [1.807, 2.05) is 31.2 Å². The first-order valence-electron chi connectivity index (χ1n) is 3.18. The van der Waals surface area contributed by atoms with Crippen LogP contribution in [0.15, 0.2) is 24.3 Å². The highest BCUT2D eigenvalue weighted by Crippen LogP contribution is 2.03. The van der Waals surface area contributed by atoms with Gasteiger partial charge in [-0.05, 0) is 18.6 Å². The molecule has 0 aromatic heterocycles. The van der Waals surface area contributed by atoms with Crippen molar-refractivity contribution < 1.29 is 0 Å². The van der Waals surface area contributed by atoms with Crippen molar-refractivity contribution in [2.45, 2.75) is 6.92 Å². The highest BCUT2D eigenvalue weighted by molar-refractivity contribution is 5.40. The third-order valence-corrected chi connectivity index (χ3v) is 1.37.